The molecule has 0 saturated heterocycles. The van der Waals surface area contributed by atoms with Crippen molar-refractivity contribution in [2.45, 2.75) is 46.1 Å². The number of nitrogens with zero attached hydrogens (tertiary/aromatic N) is 1. The Hall–Kier alpha value is -0.0900. The quantitative estimate of drug-likeness (QED) is 0.234. The van der Waals surface area contributed by atoms with Gasteiger partial charge in [0.25, 0.3) is 0 Å². The van der Waals surface area contributed by atoms with E-state index in [0.717, 1.165) is 19.2 Å². The summed E-state index contributed by atoms with van der Waals surface area (Å²) in [6.45, 7) is 9.38. The molecular formula is C13H31IN4O2S. The molecule has 3 N–H and O–H groups in total. The number of sulfonamides is 1. The molecule has 0 heterocycles. The summed E-state index contributed by atoms with van der Waals surface area (Å²) < 4.78 is 25.1. The zero-order valence-electron chi connectivity index (χ0n) is 14.0. The summed E-state index contributed by atoms with van der Waals surface area (Å²) in [6.07, 6.45) is 3.42. The topological polar surface area (TPSA) is 82.6 Å². The van der Waals surface area contributed by atoms with Gasteiger partial charge in [-0.05, 0) is 32.6 Å². The zero-order chi connectivity index (χ0) is 15.8. The highest BCUT2D eigenvalue weighted by atomic mass is 127. The highest BCUT2D eigenvalue weighted by Crippen LogP contribution is 2.03. The van der Waals surface area contributed by atoms with E-state index in [9.17, 15) is 8.42 Å². The Balaban J connectivity index is 0. The first-order chi connectivity index (χ1) is 9.06. The van der Waals surface area contributed by atoms with Crippen LogP contribution in [-0.2, 0) is 10.0 Å². The highest BCUT2D eigenvalue weighted by molar-refractivity contribution is 14.0. The summed E-state index contributed by atoms with van der Waals surface area (Å²) >= 11 is 0. The minimum atomic E-state index is -3.22. The van der Waals surface area contributed by atoms with Crippen molar-refractivity contribution < 1.29 is 8.42 Å². The molecule has 128 valence electrons. The zero-order valence-corrected chi connectivity index (χ0v) is 17.1. The van der Waals surface area contributed by atoms with E-state index in [0.29, 0.717) is 18.4 Å². The fourth-order valence-corrected chi connectivity index (χ4v) is 2.86. The Kier molecular flexibility index (Phi) is 11.7. The molecule has 0 aromatic carbocycles. The van der Waals surface area contributed by atoms with Crippen LogP contribution in [0.4, 0.5) is 0 Å². The maximum atomic E-state index is 11.3. The summed E-state index contributed by atoms with van der Waals surface area (Å²) in [6, 6.07) is 0. The van der Waals surface area contributed by atoms with Crippen LogP contribution in [0.25, 0.3) is 0 Å². The average molecular weight is 434 g/mol. The third-order valence-electron chi connectivity index (χ3n) is 2.63. The molecule has 0 atom stereocenters. The van der Waals surface area contributed by atoms with Crippen molar-refractivity contribution >= 4 is 40.0 Å². The first kappa shape index (κ1) is 23.2. The Bertz CT molecular complexity index is 408. The van der Waals surface area contributed by atoms with Gasteiger partial charge in [-0.3, -0.25) is 4.99 Å². The number of hydrogen-bond donors (Lipinski definition) is 3. The molecule has 0 spiro atoms. The van der Waals surface area contributed by atoms with Crippen LogP contribution in [0.5, 0.6) is 0 Å². The van der Waals surface area contributed by atoms with Gasteiger partial charge in [-0.1, -0.05) is 13.8 Å². The largest absolute Gasteiger partial charge is 0.356 e. The Morgan fingerprint density at radius 1 is 1.24 bits per heavy atom. The lowest BCUT2D eigenvalue weighted by molar-refractivity contribution is 0.446. The molecule has 0 aliphatic carbocycles. The lowest BCUT2D eigenvalue weighted by Gasteiger charge is -2.26. The molecule has 6 nitrogen and oxygen atoms in total. The molecule has 0 unspecified atom stereocenters. The van der Waals surface area contributed by atoms with Crippen LogP contribution in [0.2, 0.25) is 0 Å². The molecule has 0 rings (SSSR count). The van der Waals surface area contributed by atoms with Gasteiger partial charge in [0.1, 0.15) is 0 Å². The predicted molar refractivity (Wildman–Crippen MR) is 101 cm³/mol. The second-order valence-electron chi connectivity index (χ2n) is 6.15. The molecule has 21 heavy (non-hydrogen) atoms. The van der Waals surface area contributed by atoms with Crippen molar-refractivity contribution in [1.82, 2.24) is 15.4 Å². The molecule has 0 aliphatic rings. The standard InChI is InChI=1S/C13H30N4O2S.HI/c1-11(2)8-7-9-15-12(14-5)16-10-13(3,4)17-20(6,18)19;/h11,17H,7-10H2,1-6H3,(H2,14,15,16);1H. The van der Waals surface area contributed by atoms with E-state index in [4.69, 9.17) is 0 Å². The van der Waals surface area contributed by atoms with Crippen LogP contribution in [0.1, 0.15) is 40.5 Å². The molecular weight excluding hydrogens is 403 g/mol. The number of rotatable bonds is 8. The third-order valence-corrected chi connectivity index (χ3v) is 3.56. The molecule has 0 aliphatic heterocycles. The third kappa shape index (κ3) is 14.6. The van der Waals surface area contributed by atoms with Crippen molar-refractivity contribution in [2.75, 3.05) is 26.4 Å². The Labute approximate surface area is 147 Å². The van der Waals surface area contributed by atoms with Gasteiger partial charge in [0.05, 0.1) is 6.26 Å². The van der Waals surface area contributed by atoms with E-state index < -0.39 is 15.6 Å². The van der Waals surface area contributed by atoms with Crippen LogP contribution in [0.15, 0.2) is 4.99 Å². The molecule has 0 bridgehead atoms. The Morgan fingerprint density at radius 2 is 1.81 bits per heavy atom. The molecule has 8 heteroatoms. The summed E-state index contributed by atoms with van der Waals surface area (Å²) in [5.74, 6) is 1.39. The number of halogens is 1. The normalized spacial score (nSPS) is 13.0. The molecule has 0 saturated carbocycles. The van der Waals surface area contributed by atoms with Gasteiger partial charge in [0.15, 0.2) is 5.96 Å². The van der Waals surface area contributed by atoms with Crippen LogP contribution in [0, 0.1) is 5.92 Å². The van der Waals surface area contributed by atoms with E-state index in [1.54, 1.807) is 7.05 Å². The minimum absolute atomic E-state index is 0. The van der Waals surface area contributed by atoms with E-state index in [2.05, 4.69) is 34.2 Å². The van der Waals surface area contributed by atoms with Gasteiger partial charge in [-0.15, -0.1) is 24.0 Å². The van der Waals surface area contributed by atoms with Crippen molar-refractivity contribution in [3.63, 3.8) is 0 Å². The maximum Gasteiger partial charge on any atom is 0.209 e. The number of guanidine groups is 1. The lowest BCUT2D eigenvalue weighted by Crippen LogP contribution is -2.53. The summed E-state index contributed by atoms with van der Waals surface area (Å²) in [7, 11) is -1.51. The first-order valence-corrected chi connectivity index (χ1v) is 8.88. The van der Waals surface area contributed by atoms with Gasteiger partial charge in [-0.25, -0.2) is 13.1 Å². The molecule has 0 aromatic heterocycles. The fourth-order valence-electron chi connectivity index (χ4n) is 1.78. The summed E-state index contributed by atoms with van der Waals surface area (Å²) in [5.41, 5.74) is -0.566. The minimum Gasteiger partial charge on any atom is -0.356 e. The van der Waals surface area contributed by atoms with Gasteiger partial charge >= 0.3 is 0 Å². The van der Waals surface area contributed by atoms with Crippen molar-refractivity contribution in [2.24, 2.45) is 10.9 Å². The van der Waals surface area contributed by atoms with E-state index in [1.807, 2.05) is 13.8 Å². The molecule has 0 aromatic rings. The van der Waals surface area contributed by atoms with Crippen LogP contribution in [0.3, 0.4) is 0 Å². The second-order valence-corrected chi connectivity index (χ2v) is 7.90. The second kappa shape index (κ2) is 10.6. The van der Waals surface area contributed by atoms with Crippen LogP contribution < -0.4 is 15.4 Å². The SMILES string of the molecule is CN=C(NCCCC(C)C)NCC(C)(C)NS(C)(=O)=O.I. The number of nitrogens with one attached hydrogen (secondary N) is 3. The maximum absolute atomic E-state index is 11.3. The average Bonchev–Trinajstić information content (AvgIpc) is 2.24. The van der Waals surface area contributed by atoms with Crippen molar-refractivity contribution in [3.05, 3.63) is 0 Å². The van der Waals surface area contributed by atoms with Crippen molar-refractivity contribution in [1.29, 1.82) is 0 Å². The lowest BCUT2D eigenvalue weighted by atomic mass is 10.1. The molecule has 0 amide bonds. The van der Waals surface area contributed by atoms with Gasteiger partial charge in [-0.2, -0.15) is 0 Å². The van der Waals surface area contributed by atoms with Crippen LogP contribution >= 0.6 is 24.0 Å². The van der Waals surface area contributed by atoms with E-state index in [-0.39, 0.29) is 24.0 Å². The van der Waals surface area contributed by atoms with Gasteiger partial charge in [0, 0.05) is 25.7 Å². The fraction of sp³-hybridized carbons (Fsp3) is 0.923. The summed E-state index contributed by atoms with van der Waals surface area (Å²) in [5, 5.41) is 6.35. The highest BCUT2D eigenvalue weighted by Gasteiger charge is 2.22. The monoisotopic (exact) mass is 434 g/mol. The smallest absolute Gasteiger partial charge is 0.209 e. The van der Waals surface area contributed by atoms with Gasteiger partial charge in [0.2, 0.25) is 10.0 Å². The van der Waals surface area contributed by atoms with Crippen molar-refractivity contribution in [3.8, 4) is 0 Å². The summed E-state index contributed by atoms with van der Waals surface area (Å²) in [4.78, 5) is 4.12. The number of aliphatic imine (C=N–C) groups is 1. The molecule has 0 radical (unpaired) electrons. The van der Waals surface area contributed by atoms with E-state index in [1.165, 1.54) is 6.42 Å². The Morgan fingerprint density at radius 3 is 2.24 bits per heavy atom. The predicted octanol–water partition coefficient (Wildman–Crippen LogP) is 1.53. The van der Waals surface area contributed by atoms with Crippen LogP contribution in [-0.4, -0.2) is 46.3 Å². The first-order valence-electron chi connectivity index (χ1n) is 6.99. The molecule has 0 fully saturated rings. The van der Waals surface area contributed by atoms with E-state index >= 15 is 0 Å². The van der Waals surface area contributed by atoms with Gasteiger partial charge < -0.3 is 10.6 Å². The number of hydrogen-bond acceptors (Lipinski definition) is 3.